The topological polar surface area (TPSA) is 107 Å². The van der Waals surface area contributed by atoms with Crippen molar-refractivity contribution in [2.24, 2.45) is 0 Å². The average molecular weight is 672 g/mol. The van der Waals surface area contributed by atoms with Crippen LogP contribution in [0.5, 0.6) is 6.01 Å². The van der Waals surface area contributed by atoms with E-state index in [2.05, 4.69) is 52.1 Å². The molecule has 1 aromatic heterocycles. The summed E-state index contributed by atoms with van der Waals surface area (Å²) in [5, 5.41) is 12.6. The number of nitrogens with zero attached hydrogens (tertiary/aromatic N) is 7. The highest BCUT2D eigenvalue weighted by Crippen LogP contribution is 2.45. The van der Waals surface area contributed by atoms with Gasteiger partial charge in [-0.15, -0.1) is 0 Å². The van der Waals surface area contributed by atoms with E-state index in [0.717, 1.165) is 52.9 Å². The monoisotopic (exact) mass is 671 g/mol. The first-order valence-electron chi connectivity index (χ1n) is 16.7. The number of likely N-dealkylation sites (tertiary alicyclic amines) is 1. The van der Waals surface area contributed by atoms with E-state index in [1.165, 1.54) is 6.08 Å². The zero-order valence-corrected chi connectivity index (χ0v) is 28.4. The summed E-state index contributed by atoms with van der Waals surface area (Å²) < 4.78 is 17.4. The summed E-state index contributed by atoms with van der Waals surface area (Å²) >= 11 is 6.84. The van der Waals surface area contributed by atoms with Crippen molar-refractivity contribution in [1.29, 1.82) is 5.26 Å². The number of benzene rings is 2. The van der Waals surface area contributed by atoms with Crippen LogP contribution in [-0.4, -0.2) is 110 Å². The zero-order valence-electron chi connectivity index (χ0n) is 27.6. The van der Waals surface area contributed by atoms with Crippen molar-refractivity contribution >= 4 is 39.8 Å². The second-order valence-electron chi connectivity index (χ2n) is 13.3. The molecule has 5 heterocycles. The first kappa shape index (κ1) is 32.6. The Kier molecular flexibility index (Phi) is 9.43. The van der Waals surface area contributed by atoms with Crippen LogP contribution in [0.25, 0.3) is 10.8 Å². The molecule has 11 nitrogen and oxygen atoms in total. The lowest BCUT2D eigenvalue weighted by Gasteiger charge is -2.54. The molecule has 48 heavy (non-hydrogen) atoms. The van der Waals surface area contributed by atoms with E-state index in [9.17, 15) is 10.1 Å². The number of likely N-dealkylation sites (N-methyl/N-ethyl adjacent to an activating group) is 1. The molecule has 2 aromatic carbocycles. The number of carbonyl (C=O) groups is 1. The maximum absolute atomic E-state index is 13.1. The van der Waals surface area contributed by atoms with Crippen LogP contribution in [0.15, 0.2) is 48.6 Å². The quantitative estimate of drug-likeness (QED) is 0.307. The van der Waals surface area contributed by atoms with Gasteiger partial charge in [-0.2, -0.15) is 15.2 Å². The van der Waals surface area contributed by atoms with Gasteiger partial charge in [0.15, 0.2) is 0 Å². The summed E-state index contributed by atoms with van der Waals surface area (Å²) in [7, 11) is 3.73. The first-order chi connectivity index (χ1) is 23.4. The van der Waals surface area contributed by atoms with Crippen LogP contribution < -0.4 is 14.5 Å². The minimum atomic E-state index is -0.288. The molecule has 3 aromatic rings. The normalized spacial score (nSPS) is 22.2. The molecule has 3 fully saturated rings. The minimum Gasteiger partial charge on any atom is -0.462 e. The molecule has 3 saturated heterocycles. The molecule has 7 rings (SSSR count). The van der Waals surface area contributed by atoms with Crippen molar-refractivity contribution in [1.82, 2.24) is 19.8 Å². The number of anilines is 2. The number of ether oxygens (including phenoxy) is 3. The first-order valence-corrected chi connectivity index (χ1v) is 17.1. The number of fused-ring (bicyclic) bond motifs is 2. The lowest BCUT2D eigenvalue weighted by molar-refractivity contribution is -0.128. The Morgan fingerprint density at radius 2 is 2.00 bits per heavy atom. The SMILES string of the molecule is COC/C=C/C(=O)N1CCN(c2nc(OC[C@@H]3CCCN3C)nc3c2CC2(COC2)N(c2cccc4cccc(Cl)c24)C3)C[C@@H]1CC#N. The van der Waals surface area contributed by atoms with E-state index >= 15 is 0 Å². The molecular weight excluding hydrogens is 630 g/mol. The van der Waals surface area contributed by atoms with Gasteiger partial charge in [-0.3, -0.25) is 4.79 Å². The van der Waals surface area contributed by atoms with E-state index in [0.29, 0.717) is 76.1 Å². The number of piperazine rings is 1. The van der Waals surface area contributed by atoms with Gasteiger partial charge in [0.25, 0.3) is 0 Å². The van der Waals surface area contributed by atoms with Crippen molar-refractivity contribution in [3.05, 3.63) is 64.8 Å². The van der Waals surface area contributed by atoms with E-state index in [4.69, 9.17) is 35.8 Å². The highest BCUT2D eigenvalue weighted by molar-refractivity contribution is 6.36. The number of hydrogen-bond donors (Lipinski definition) is 0. The molecule has 0 bridgehead atoms. The number of amides is 1. The lowest BCUT2D eigenvalue weighted by atomic mass is 9.81. The van der Waals surface area contributed by atoms with Gasteiger partial charge in [0.2, 0.25) is 5.91 Å². The molecule has 0 N–H and O–H groups in total. The van der Waals surface area contributed by atoms with Crippen LogP contribution in [0.3, 0.4) is 0 Å². The summed E-state index contributed by atoms with van der Waals surface area (Å²) in [6.45, 7) is 5.15. The van der Waals surface area contributed by atoms with E-state index in [1.54, 1.807) is 18.1 Å². The third-order valence-corrected chi connectivity index (χ3v) is 10.6. The summed E-state index contributed by atoms with van der Waals surface area (Å²) in [5.74, 6) is 0.706. The van der Waals surface area contributed by atoms with Gasteiger partial charge in [-0.25, -0.2) is 0 Å². The molecule has 1 spiro atoms. The Labute approximate surface area is 286 Å². The van der Waals surface area contributed by atoms with Crippen molar-refractivity contribution in [3.8, 4) is 12.1 Å². The molecule has 4 aliphatic rings. The maximum atomic E-state index is 13.1. The standard InChI is InChI=1S/C36H42ClN7O4/c1-41-15-5-9-27(41)22-48-35-39-30-21-44(31-11-4-8-25-7-3-10-29(37)33(25)31)36(23-47-24-36)19-28(30)34(40-35)42-16-17-43(26(20-42)13-14-38)32(45)12-6-18-46-2/h3-4,6-8,10-12,26-27H,5,9,13,15-24H2,1-2H3/b12-6+/t26-,27-/m0/s1. The summed E-state index contributed by atoms with van der Waals surface area (Å²) in [5.41, 5.74) is 2.75. The Hall–Kier alpha value is -3.95. The number of aromatic nitrogens is 2. The van der Waals surface area contributed by atoms with Crippen molar-refractivity contribution in [2.75, 3.05) is 76.6 Å². The smallest absolute Gasteiger partial charge is 0.318 e. The number of hydrogen-bond acceptors (Lipinski definition) is 10. The second-order valence-corrected chi connectivity index (χ2v) is 13.7. The molecule has 12 heteroatoms. The molecule has 252 valence electrons. The molecule has 0 unspecified atom stereocenters. The van der Waals surface area contributed by atoms with Crippen molar-refractivity contribution in [2.45, 2.75) is 49.9 Å². The fourth-order valence-electron chi connectivity index (χ4n) is 7.63. The van der Waals surface area contributed by atoms with Crippen LogP contribution in [0.2, 0.25) is 5.02 Å². The number of carbonyl (C=O) groups excluding carboxylic acids is 1. The molecule has 1 amide bonds. The minimum absolute atomic E-state index is 0.115. The predicted molar refractivity (Wildman–Crippen MR) is 185 cm³/mol. The Bertz CT molecular complexity index is 1740. The molecular formula is C36H42ClN7O4. The number of nitriles is 1. The van der Waals surface area contributed by atoms with E-state index < -0.39 is 0 Å². The van der Waals surface area contributed by atoms with Gasteiger partial charge >= 0.3 is 6.01 Å². The summed E-state index contributed by atoms with van der Waals surface area (Å²) in [4.78, 5) is 32.0. The molecule has 0 aliphatic carbocycles. The highest BCUT2D eigenvalue weighted by Gasteiger charge is 2.50. The molecule has 2 atom stereocenters. The van der Waals surface area contributed by atoms with Gasteiger partial charge in [0.05, 0.1) is 61.2 Å². The van der Waals surface area contributed by atoms with Crippen molar-refractivity contribution < 1.29 is 19.0 Å². The number of rotatable bonds is 9. The summed E-state index contributed by atoms with van der Waals surface area (Å²) in [6, 6.07) is 15.0. The number of halogens is 1. The van der Waals surface area contributed by atoms with Crippen LogP contribution in [0, 0.1) is 11.3 Å². The van der Waals surface area contributed by atoms with E-state index in [-0.39, 0.29) is 23.9 Å². The Balaban J connectivity index is 1.26. The zero-order chi connectivity index (χ0) is 33.3. The van der Waals surface area contributed by atoms with Crippen LogP contribution in [0.1, 0.15) is 30.5 Å². The van der Waals surface area contributed by atoms with Gasteiger partial charge in [0.1, 0.15) is 12.4 Å². The predicted octanol–water partition coefficient (Wildman–Crippen LogP) is 4.22. The third-order valence-electron chi connectivity index (χ3n) is 10.3. The van der Waals surface area contributed by atoms with E-state index in [1.807, 2.05) is 12.1 Å². The maximum Gasteiger partial charge on any atom is 0.318 e. The highest BCUT2D eigenvalue weighted by atomic mass is 35.5. The molecule has 0 saturated carbocycles. The largest absolute Gasteiger partial charge is 0.462 e. The van der Waals surface area contributed by atoms with Gasteiger partial charge < -0.3 is 33.8 Å². The second kappa shape index (κ2) is 13.9. The van der Waals surface area contributed by atoms with Crippen molar-refractivity contribution in [3.63, 3.8) is 0 Å². The Morgan fingerprint density at radius 3 is 2.73 bits per heavy atom. The Morgan fingerprint density at radius 1 is 1.17 bits per heavy atom. The molecule has 0 radical (unpaired) electrons. The van der Waals surface area contributed by atoms with Crippen LogP contribution in [0.4, 0.5) is 11.5 Å². The average Bonchev–Trinajstić information content (AvgIpc) is 3.50. The summed E-state index contributed by atoms with van der Waals surface area (Å²) in [6.07, 6.45) is 6.38. The van der Waals surface area contributed by atoms with Gasteiger partial charge in [-0.05, 0) is 44.0 Å². The fourth-order valence-corrected chi connectivity index (χ4v) is 7.91. The van der Waals surface area contributed by atoms with Gasteiger partial charge in [-0.1, -0.05) is 41.9 Å². The van der Waals surface area contributed by atoms with Crippen LogP contribution in [-0.2, 0) is 27.2 Å². The van der Waals surface area contributed by atoms with Crippen LogP contribution >= 0.6 is 11.6 Å². The molecule has 4 aliphatic heterocycles. The third kappa shape index (κ3) is 6.18. The lowest BCUT2D eigenvalue weighted by Crippen LogP contribution is -2.66. The fraction of sp³-hybridized carbons (Fsp3) is 0.500. The van der Waals surface area contributed by atoms with Gasteiger partial charge in [0, 0.05) is 61.9 Å². The number of methoxy groups -OCH3 is 1.